The maximum Gasteiger partial charge on any atom is 0.303 e. The second-order valence-corrected chi connectivity index (χ2v) is 15.2. The molecule has 5 rings (SSSR count). The lowest BCUT2D eigenvalue weighted by atomic mass is 9.38. The number of carbonyl (C=O) groups excluding carboxylic acids is 2. The molecule has 224 valence electrons. The number of aliphatic hydroxyl groups is 2. The van der Waals surface area contributed by atoms with Crippen molar-refractivity contribution in [2.75, 3.05) is 7.11 Å². The predicted molar refractivity (Wildman–Crippen MR) is 151 cm³/mol. The fraction of sp³-hybridized carbons (Fsp3) is 0.818. The van der Waals surface area contributed by atoms with Crippen LogP contribution in [0, 0.1) is 45.3 Å². The Kier molecular flexibility index (Phi) is 7.10. The highest BCUT2D eigenvalue weighted by atomic mass is 16.7. The highest BCUT2D eigenvalue weighted by Crippen LogP contribution is 2.72. The first kappa shape index (κ1) is 29.9. The van der Waals surface area contributed by atoms with Crippen molar-refractivity contribution < 1.29 is 34.0 Å². The van der Waals surface area contributed by atoms with Gasteiger partial charge in [0, 0.05) is 30.8 Å². The average Bonchev–Trinajstić information content (AvgIpc) is 3.42. The van der Waals surface area contributed by atoms with Crippen molar-refractivity contribution in [2.24, 2.45) is 45.3 Å². The minimum atomic E-state index is -1.26. The number of ketones is 1. The molecule has 0 radical (unpaired) electrons. The quantitative estimate of drug-likeness (QED) is 0.362. The molecule has 7 nitrogen and oxygen atoms in total. The molecule has 1 saturated heterocycles. The van der Waals surface area contributed by atoms with Crippen LogP contribution >= 0.6 is 0 Å². The molecule has 0 amide bonds. The Morgan fingerprint density at radius 1 is 1.15 bits per heavy atom. The van der Waals surface area contributed by atoms with Gasteiger partial charge >= 0.3 is 5.97 Å². The molecule has 2 N–H and O–H groups in total. The first-order chi connectivity index (χ1) is 18.4. The molecule has 1 aliphatic heterocycles. The van der Waals surface area contributed by atoms with Crippen LogP contribution in [0.4, 0.5) is 0 Å². The van der Waals surface area contributed by atoms with E-state index in [1.807, 2.05) is 13.8 Å². The number of ether oxygens (including phenoxy) is 3. The molecular formula is C33H50O7. The summed E-state index contributed by atoms with van der Waals surface area (Å²) in [7, 11) is 1.65. The summed E-state index contributed by atoms with van der Waals surface area (Å²) in [6.07, 6.45) is 8.09. The second kappa shape index (κ2) is 9.48. The Hall–Kier alpha value is -1.54. The van der Waals surface area contributed by atoms with Gasteiger partial charge in [-0.2, -0.15) is 0 Å². The van der Waals surface area contributed by atoms with Crippen molar-refractivity contribution in [3.63, 3.8) is 0 Å². The van der Waals surface area contributed by atoms with Crippen molar-refractivity contribution in [1.82, 2.24) is 0 Å². The Morgan fingerprint density at radius 3 is 2.42 bits per heavy atom. The SMILES string of the molecule is COC1OC(C(OC(C)=O)C(C)(C)O)CC1C1CC=C2C1(C)CCC1C3(C)C=CC(=O)C(C)(C)C3CC(O)C21C. The van der Waals surface area contributed by atoms with Crippen molar-refractivity contribution >= 4 is 11.8 Å². The number of aliphatic hydroxyl groups excluding tert-OH is 1. The van der Waals surface area contributed by atoms with Crippen LogP contribution in [0.25, 0.3) is 0 Å². The Labute approximate surface area is 239 Å². The zero-order valence-electron chi connectivity index (χ0n) is 25.8. The van der Waals surface area contributed by atoms with Crippen molar-refractivity contribution in [1.29, 1.82) is 0 Å². The van der Waals surface area contributed by atoms with Crippen LogP contribution < -0.4 is 0 Å². The molecule has 5 aliphatic rings. The number of allylic oxidation sites excluding steroid dienone is 3. The van der Waals surface area contributed by atoms with Crippen LogP contribution in [0.3, 0.4) is 0 Å². The first-order valence-corrected chi connectivity index (χ1v) is 15.1. The fourth-order valence-electron chi connectivity index (χ4n) is 10.3. The van der Waals surface area contributed by atoms with Crippen molar-refractivity contribution in [3.8, 4) is 0 Å². The fourth-order valence-corrected chi connectivity index (χ4v) is 10.3. The summed E-state index contributed by atoms with van der Waals surface area (Å²) in [5, 5.41) is 22.8. The summed E-state index contributed by atoms with van der Waals surface area (Å²) in [6.45, 7) is 15.7. The molecule has 0 aromatic carbocycles. The molecule has 0 aromatic heterocycles. The summed E-state index contributed by atoms with van der Waals surface area (Å²) >= 11 is 0. The van der Waals surface area contributed by atoms with E-state index in [9.17, 15) is 19.8 Å². The zero-order chi connectivity index (χ0) is 29.6. The summed E-state index contributed by atoms with van der Waals surface area (Å²) in [5.74, 6) is 0.304. The van der Waals surface area contributed by atoms with Crippen molar-refractivity contribution in [3.05, 3.63) is 23.8 Å². The maximum atomic E-state index is 12.9. The predicted octanol–water partition coefficient (Wildman–Crippen LogP) is 4.99. The smallest absolute Gasteiger partial charge is 0.303 e. The standard InChI is InChI=1S/C33H50O7/c1-18(34)39-27(30(4,5)37)21-16-19(28(38-9)40-21)20-10-11-22-31(20,6)14-12-23-32(7)15-13-25(35)29(2,3)24(32)17-26(36)33(22,23)8/h11,13,15,19-21,23-24,26-28,36-37H,10,12,14,16-17H2,1-9H3. The highest BCUT2D eigenvalue weighted by molar-refractivity contribution is 5.95. The number of fused-ring (bicyclic) bond motifs is 5. The van der Waals surface area contributed by atoms with E-state index in [1.54, 1.807) is 27.0 Å². The third-order valence-electron chi connectivity index (χ3n) is 12.3. The zero-order valence-corrected chi connectivity index (χ0v) is 25.8. The minimum Gasteiger partial charge on any atom is -0.457 e. The molecule has 4 aliphatic carbocycles. The van der Waals surface area contributed by atoms with Gasteiger partial charge in [-0.3, -0.25) is 9.59 Å². The molecule has 2 saturated carbocycles. The Balaban J connectivity index is 1.46. The van der Waals surface area contributed by atoms with Gasteiger partial charge in [-0.15, -0.1) is 0 Å². The molecule has 0 spiro atoms. The molecule has 0 bridgehead atoms. The third kappa shape index (κ3) is 4.12. The lowest BCUT2D eigenvalue weighted by Crippen LogP contribution is -2.63. The Morgan fingerprint density at radius 2 is 1.82 bits per heavy atom. The molecule has 7 heteroatoms. The van der Waals surface area contributed by atoms with Gasteiger partial charge in [0.15, 0.2) is 18.2 Å². The first-order valence-electron chi connectivity index (χ1n) is 15.1. The second-order valence-electron chi connectivity index (χ2n) is 15.2. The maximum absolute atomic E-state index is 12.9. The Bertz CT molecular complexity index is 1120. The van der Waals surface area contributed by atoms with Crippen LogP contribution in [0.1, 0.15) is 87.5 Å². The minimum absolute atomic E-state index is 0.0458. The van der Waals surface area contributed by atoms with Crippen molar-refractivity contribution in [2.45, 2.75) is 118 Å². The van der Waals surface area contributed by atoms with E-state index in [0.717, 1.165) is 19.3 Å². The number of carbonyl (C=O) groups is 2. The number of hydrogen-bond acceptors (Lipinski definition) is 7. The van der Waals surface area contributed by atoms with E-state index in [2.05, 4.69) is 32.9 Å². The molecular weight excluding hydrogens is 508 g/mol. The van der Waals surface area contributed by atoms with E-state index >= 15 is 0 Å². The summed E-state index contributed by atoms with van der Waals surface area (Å²) in [4.78, 5) is 24.8. The van der Waals surface area contributed by atoms with Crippen LogP contribution in [0.2, 0.25) is 0 Å². The van der Waals surface area contributed by atoms with Gasteiger partial charge in [0.2, 0.25) is 0 Å². The van der Waals surface area contributed by atoms with Gasteiger partial charge in [-0.25, -0.2) is 0 Å². The molecule has 40 heavy (non-hydrogen) atoms. The van der Waals surface area contributed by atoms with Gasteiger partial charge in [0.1, 0.15) is 6.10 Å². The molecule has 11 atom stereocenters. The number of methoxy groups -OCH3 is 1. The van der Waals surface area contributed by atoms with E-state index < -0.39 is 47.0 Å². The summed E-state index contributed by atoms with van der Waals surface area (Å²) in [5.41, 5.74) is -1.15. The van der Waals surface area contributed by atoms with E-state index in [4.69, 9.17) is 14.2 Å². The topological polar surface area (TPSA) is 102 Å². The largest absolute Gasteiger partial charge is 0.457 e. The molecule has 3 fully saturated rings. The normalized spacial score (nSPS) is 46.7. The van der Waals surface area contributed by atoms with Gasteiger partial charge in [-0.05, 0) is 80.6 Å². The van der Waals surface area contributed by atoms with Crippen LogP contribution in [-0.4, -0.2) is 59.3 Å². The highest BCUT2D eigenvalue weighted by Gasteiger charge is 2.68. The van der Waals surface area contributed by atoms with Crippen LogP contribution in [-0.2, 0) is 23.8 Å². The van der Waals surface area contributed by atoms with Gasteiger partial charge in [-0.1, -0.05) is 52.3 Å². The number of esters is 1. The van der Waals surface area contributed by atoms with Gasteiger partial charge in [0.05, 0.1) is 11.7 Å². The third-order valence-corrected chi connectivity index (χ3v) is 12.3. The molecule has 0 aromatic rings. The molecule has 1 heterocycles. The van der Waals surface area contributed by atoms with E-state index in [1.165, 1.54) is 12.5 Å². The number of rotatable bonds is 5. The van der Waals surface area contributed by atoms with Crippen LogP contribution in [0.15, 0.2) is 23.8 Å². The summed E-state index contributed by atoms with van der Waals surface area (Å²) < 4.78 is 17.8. The van der Waals surface area contributed by atoms with E-state index in [0.29, 0.717) is 12.8 Å². The summed E-state index contributed by atoms with van der Waals surface area (Å²) in [6, 6.07) is 0. The van der Waals surface area contributed by atoms with Gasteiger partial charge in [0.25, 0.3) is 0 Å². The van der Waals surface area contributed by atoms with E-state index in [-0.39, 0.29) is 40.3 Å². The van der Waals surface area contributed by atoms with Crippen LogP contribution in [0.5, 0.6) is 0 Å². The molecule has 11 unspecified atom stereocenters. The number of hydrogen-bond donors (Lipinski definition) is 2. The lowest BCUT2D eigenvalue weighted by molar-refractivity contribution is -0.200. The van der Waals surface area contributed by atoms with Gasteiger partial charge < -0.3 is 24.4 Å². The lowest BCUT2D eigenvalue weighted by Gasteiger charge is -2.66. The monoisotopic (exact) mass is 558 g/mol. The average molecular weight is 559 g/mol.